The maximum atomic E-state index is 11.1. The average Bonchev–Trinajstić information content (AvgIpc) is 2.37. The van der Waals surface area contributed by atoms with Crippen LogP contribution in [0, 0.1) is 0 Å². The summed E-state index contributed by atoms with van der Waals surface area (Å²) in [5, 5.41) is 0. The lowest BCUT2D eigenvalue weighted by molar-refractivity contribution is -0.114. The monoisotopic (exact) mass is 234 g/mol. The van der Waals surface area contributed by atoms with E-state index in [0.717, 1.165) is 29.9 Å². The maximum absolute atomic E-state index is 11.1. The predicted octanol–water partition coefficient (Wildman–Crippen LogP) is 2.78. The summed E-state index contributed by atoms with van der Waals surface area (Å²) in [4.78, 5) is 11.1. The molecule has 0 saturated carbocycles. The first kappa shape index (κ1) is 13.3. The van der Waals surface area contributed by atoms with Gasteiger partial charge in [-0.05, 0) is 36.6 Å². The van der Waals surface area contributed by atoms with E-state index >= 15 is 0 Å². The minimum atomic E-state index is 0.0832. The number of ketones is 1. The van der Waals surface area contributed by atoms with Gasteiger partial charge in [0.25, 0.3) is 0 Å². The molecule has 92 valence electrons. The van der Waals surface area contributed by atoms with Crippen LogP contribution in [0.3, 0.4) is 0 Å². The van der Waals surface area contributed by atoms with Gasteiger partial charge in [0.1, 0.15) is 11.5 Å². The highest BCUT2D eigenvalue weighted by Crippen LogP contribution is 2.23. The quantitative estimate of drug-likeness (QED) is 0.680. The van der Waals surface area contributed by atoms with E-state index in [4.69, 9.17) is 9.47 Å². The molecular formula is C14H18O3. The number of rotatable bonds is 7. The first-order chi connectivity index (χ1) is 8.19. The number of ether oxygens (including phenoxy) is 2. The lowest BCUT2D eigenvalue weighted by Crippen LogP contribution is -1.95. The van der Waals surface area contributed by atoms with Gasteiger partial charge in [-0.2, -0.15) is 0 Å². The molecule has 0 radical (unpaired) electrons. The lowest BCUT2D eigenvalue weighted by Gasteiger charge is -2.08. The van der Waals surface area contributed by atoms with Gasteiger partial charge in [0, 0.05) is 12.5 Å². The van der Waals surface area contributed by atoms with Gasteiger partial charge in [-0.25, -0.2) is 0 Å². The average molecular weight is 234 g/mol. The summed E-state index contributed by atoms with van der Waals surface area (Å²) in [6.45, 7) is 3.45. The van der Waals surface area contributed by atoms with E-state index in [1.54, 1.807) is 14.2 Å². The fourth-order valence-corrected chi connectivity index (χ4v) is 1.58. The Labute approximate surface area is 102 Å². The summed E-state index contributed by atoms with van der Waals surface area (Å²) in [7, 11) is 3.25. The van der Waals surface area contributed by atoms with E-state index in [1.807, 2.05) is 18.2 Å². The molecule has 1 aromatic carbocycles. The fraction of sp³-hybridized carbons (Fsp3) is 0.357. The molecule has 0 fully saturated rings. The van der Waals surface area contributed by atoms with Gasteiger partial charge in [0.15, 0.2) is 5.78 Å². The molecule has 0 aromatic heterocycles. The molecule has 0 heterocycles. The third-order valence-corrected chi connectivity index (χ3v) is 2.53. The normalized spacial score (nSPS) is 9.76. The molecule has 0 atom stereocenters. The van der Waals surface area contributed by atoms with Crippen molar-refractivity contribution >= 4 is 5.78 Å². The Bertz CT molecular complexity index is 374. The SMILES string of the molecule is C=CC(=O)CCCc1cc(OC)cc(OC)c1. The van der Waals surface area contributed by atoms with Crippen LogP contribution in [0.4, 0.5) is 0 Å². The molecule has 0 aliphatic heterocycles. The Kier molecular flexibility index (Phi) is 5.27. The first-order valence-corrected chi connectivity index (χ1v) is 5.56. The molecule has 17 heavy (non-hydrogen) atoms. The Morgan fingerprint density at radius 3 is 2.29 bits per heavy atom. The highest BCUT2D eigenvalue weighted by Gasteiger charge is 2.03. The zero-order valence-corrected chi connectivity index (χ0v) is 10.4. The topological polar surface area (TPSA) is 35.5 Å². The number of hydrogen-bond donors (Lipinski definition) is 0. The first-order valence-electron chi connectivity index (χ1n) is 5.56. The Balaban J connectivity index is 2.63. The van der Waals surface area contributed by atoms with E-state index in [1.165, 1.54) is 6.08 Å². The van der Waals surface area contributed by atoms with Crippen LogP contribution in [-0.2, 0) is 11.2 Å². The number of allylic oxidation sites excluding steroid dienone is 1. The van der Waals surface area contributed by atoms with Crippen LogP contribution in [0.1, 0.15) is 18.4 Å². The third kappa shape index (κ3) is 4.31. The van der Waals surface area contributed by atoms with E-state index in [9.17, 15) is 4.79 Å². The van der Waals surface area contributed by atoms with Crippen molar-refractivity contribution in [1.82, 2.24) is 0 Å². The van der Waals surface area contributed by atoms with E-state index in [-0.39, 0.29) is 5.78 Å². The summed E-state index contributed by atoms with van der Waals surface area (Å²) in [5.41, 5.74) is 1.11. The highest BCUT2D eigenvalue weighted by atomic mass is 16.5. The number of carbonyl (C=O) groups excluding carboxylic acids is 1. The van der Waals surface area contributed by atoms with Crippen LogP contribution in [0.25, 0.3) is 0 Å². The molecule has 0 bridgehead atoms. The zero-order chi connectivity index (χ0) is 12.7. The van der Waals surface area contributed by atoms with Crippen molar-refractivity contribution in [3.63, 3.8) is 0 Å². The summed E-state index contributed by atoms with van der Waals surface area (Å²) in [6, 6.07) is 5.75. The van der Waals surface area contributed by atoms with E-state index in [0.29, 0.717) is 6.42 Å². The molecule has 0 spiro atoms. The number of hydrogen-bond acceptors (Lipinski definition) is 3. The molecule has 3 nitrogen and oxygen atoms in total. The second-order valence-electron chi connectivity index (χ2n) is 3.74. The van der Waals surface area contributed by atoms with Crippen molar-refractivity contribution in [3.8, 4) is 11.5 Å². The van der Waals surface area contributed by atoms with Crippen LogP contribution in [0.2, 0.25) is 0 Å². The molecule has 0 unspecified atom stereocenters. The van der Waals surface area contributed by atoms with Gasteiger partial charge in [-0.3, -0.25) is 4.79 Å². The zero-order valence-electron chi connectivity index (χ0n) is 10.4. The minimum Gasteiger partial charge on any atom is -0.497 e. The second kappa shape index (κ2) is 6.74. The highest BCUT2D eigenvalue weighted by molar-refractivity contribution is 5.88. The Morgan fingerprint density at radius 1 is 1.24 bits per heavy atom. The summed E-state index contributed by atoms with van der Waals surface area (Å²) < 4.78 is 10.4. The summed E-state index contributed by atoms with van der Waals surface area (Å²) in [5.74, 6) is 1.63. The van der Waals surface area contributed by atoms with Crippen molar-refractivity contribution in [2.75, 3.05) is 14.2 Å². The second-order valence-corrected chi connectivity index (χ2v) is 3.74. The van der Waals surface area contributed by atoms with Crippen molar-refractivity contribution < 1.29 is 14.3 Å². The third-order valence-electron chi connectivity index (χ3n) is 2.53. The number of methoxy groups -OCH3 is 2. The van der Waals surface area contributed by atoms with Crippen LogP contribution in [0.15, 0.2) is 30.9 Å². The van der Waals surface area contributed by atoms with E-state index < -0.39 is 0 Å². The fourth-order valence-electron chi connectivity index (χ4n) is 1.58. The predicted molar refractivity (Wildman–Crippen MR) is 67.7 cm³/mol. The molecule has 0 amide bonds. The summed E-state index contributed by atoms with van der Waals surface area (Å²) >= 11 is 0. The molecule has 3 heteroatoms. The van der Waals surface area contributed by atoms with E-state index in [2.05, 4.69) is 6.58 Å². The number of benzene rings is 1. The minimum absolute atomic E-state index is 0.0832. The number of carbonyl (C=O) groups is 1. The Hall–Kier alpha value is -1.77. The van der Waals surface area contributed by atoms with Crippen molar-refractivity contribution in [2.45, 2.75) is 19.3 Å². The van der Waals surface area contributed by atoms with Gasteiger partial charge < -0.3 is 9.47 Å². The van der Waals surface area contributed by atoms with Crippen LogP contribution >= 0.6 is 0 Å². The van der Waals surface area contributed by atoms with Crippen molar-refractivity contribution in [2.24, 2.45) is 0 Å². The van der Waals surface area contributed by atoms with Gasteiger partial charge in [-0.1, -0.05) is 6.58 Å². The molecule has 1 aromatic rings. The molecule has 0 aliphatic carbocycles. The maximum Gasteiger partial charge on any atom is 0.155 e. The smallest absolute Gasteiger partial charge is 0.155 e. The molecule has 0 N–H and O–H groups in total. The molecule has 0 aliphatic rings. The standard InChI is InChI=1S/C14H18O3/c1-4-12(15)7-5-6-11-8-13(16-2)10-14(9-11)17-3/h4,8-10H,1,5-7H2,2-3H3. The molecule has 1 rings (SSSR count). The number of aryl methyl sites for hydroxylation is 1. The van der Waals surface area contributed by atoms with Crippen molar-refractivity contribution in [1.29, 1.82) is 0 Å². The van der Waals surface area contributed by atoms with Crippen LogP contribution < -0.4 is 9.47 Å². The largest absolute Gasteiger partial charge is 0.497 e. The van der Waals surface area contributed by atoms with Crippen LogP contribution in [-0.4, -0.2) is 20.0 Å². The molecule has 0 saturated heterocycles. The lowest BCUT2D eigenvalue weighted by atomic mass is 10.1. The Morgan fingerprint density at radius 2 is 1.82 bits per heavy atom. The summed E-state index contributed by atoms with van der Waals surface area (Å²) in [6.07, 6.45) is 3.53. The van der Waals surface area contributed by atoms with Crippen LogP contribution in [0.5, 0.6) is 11.5 Å². The van der Waals surface area contributed by atoms with Gasteiger partial charge in [-0.15, -0.1) is 0 Å². The van der Waals surface area contributed by atoms with Gasteiger partial charge in [0.2, 0.25) is 0 Å². The van der Waals surface area contributed by atoms with Gasteiger partial charge >= 0.3 is 0 Å². The molecular weight excluding hydrogens is 216 g/mol. The van der Waals surface area contributed by atoms with Crippen molar-refractivity contribution in [3.05, 3.63) is 36.4 Å². The van der Waals surface area contributed by atoms with Gasteiger partial charge in [0.05, 0.1) is 14.2 Å².